The second kappa shape index (κ2) is 9.48. The summed E-state index contributed by atoms with van der Waals surface area (Å²) < 4.78 is 5.48. The molecule has 1 heterocycles. The van der Waals surface area contributed by atoms with Gasteiger partial charge in [-0.25, -0.2) is 9.59 Å². The van der Waals surface area contributed by atoms with Crippen molar-refractivity contribution in [1.82, 2.24) is 20.8 Å². The molecule has 3 unspecified atom stereocenters. The van der Waals surface area contributed by atoms with Crippen molar-refractivity contribution in [2.75, 3.05) is 0 Å². The maximum atomic E-state index is 11.7. The molecular weight excluding hydrogens is 342 g/mol. The standard InChI is InChI=1S/C16H27N5O5/c1-9(22)13(15(23)24)19-16(25)18-8-12-20-21-14(26-12)11(17)7-10-5-3-2-4-6-10/h9-11,13,22H,2-8,17H2,1H3,(H,23,24)(H2,18,19,25). The van der Waals surface area contributed by atoms with Crippen LogP contribution >= 0.6 is 0 Å². The maximum absolute atomic E-state index is 11.7. The monoisotopic (exact) mass is 369 g/mol. The lowest BCUT2D eigenvalue weighted by Gasteiger charge is -2.23. The lowest BCUT2D eigenvalue weighted by atomic mass is 9.85. The highest BCUT2D eigenvalue weighted by Gasteiger charge is 2.25. The highest BCUT2D eigenvalue weighted by Crippen LogP contribution is 2.30. The number of carbonyl (C=O) groups excluding carboxylic acids is 1. The summed E-state index contributed by atoms with van der Waals surface area (Å²) in [5, 5.41) is 30.6. The van der Waals surface area contributed by atoms with E-state index in [0.717, 1.165) is 6.42 Å². The average molecular weight is 369 g/mol. The van der Waals surface area contributed by atoms with Crippen LogP contribution in [0.3, 0.4) is 0 Å². The van der Waals surface area contributed by atoms with Crippen molar-refractivity contribution < 1.29 is 24.2 Å². The number of amides is 2. The Balaban J connectivity index is 1.80. The number of rotatable bonds is 8. The Kier molecular flexibility index (Phi) is 7.34. The van der Waals surface area contributed by atoms with Gasteiger partial charge in [-0.15, -0.1) is 10.2 Å². The number of nitrogens with two attached hydrogens (primary N) is 1. The van der Waals surface area contributed by atoms with E-state index in [1.807, 2.05) is 0 Å². The van der Waals surface area contributed by atoms with E-state index in [1.54, 1.807) is 0 Å². The van der Waals surface area contributed by atoms with Crippen LogP contribution in [0.4, 0.5) is 4.79 Å². The number of nitrogens with one attached hydrogen (secondary N) is 2. The zero-order valence-electron chi connectivity index (χ0n) is 14.9. The molecule has 26 heavy (non-hydrogen) atoms. The first-order valence-corrected chi connectivity index (χ1v) is 8.90. The van der Waals surface area contributed by atoms with E-state index < -0.39 is 24.1 Å². The fourth-order valence-corrected chi connectivity index (χ4v) is 3.11. The molecule has 1 aromatic rings. The van der Waals surface area contributed by atoms with Gasteiger partial charge in [0, 0.05) is 0 Å². The third-order valence-corrected chi connectivity index (χ3v) is 4.55. The highest BCUT2D eigenvalue weighted by molar-refractivity contribution is 5.82. The number of hydrogen-bond donors (Lipinski definition) is 5. The van der Waals surface area contributed by atoms with Gasteiger partial charge in [0.1, 0.15) is 0 Å². The van der Waals surface area contributed by atoms with Crippen LogP contribution in [0.15, 0.2) is 4.42 Å². The molecule has 10 heteroatoms. The van der Waals surface area contributed by atoms with E-state index >= 15 is 0 Å². The molecule has 0 radical (unpaired) electrons. The molecule has 2 amide bonds. The first-order valence-electron chi connectivity index (χ1n) is 8.90. The topological polar surface area (TPSA) is 164 Å². The lowest BCUT2D eigenvalue weighted by Crippen LogP contribution is -2.51. The van der Waals surface area contributed by atoms with Crippen molar-refractivity contribution in [3.05, 3.63) is 11.8 Å². The first kappa shape index (κ1) is 20.1. The number of nitrogens with zero attached hydrogens (tertiary/aromatic N) is 2. The number of aliphatic hydroxyl groups is 1. The molecule has 10 nitrogen and oxygen atoms in total. The number of carboxylic acid groups (broad SMARTS) is 1. The van der Waals surface area contributed by atoms with Crippen LogP contribution in [-0.4, -0.2) is 44.6 Å². The van der Waals surface area contributed by atoms with Crippen molar-refractivity contribution in [3.63, 3.8) is 0 Å². The second-order valence-electron chi connectivity index (χ2n) is 6.76. The Morgan fingerprint density at radius 1 is 1.31 bits per heavy atom. The van der Waals surface area contributed by atoms with Gasteiger partial charge in [-0.05, 0) is 19.3 Å². The summed E-state index contributed by atoms with van der Waals surface area (Å²) in [4.78, 5) is 22.7. The molecule has 1 aliphatic rings. The Labute approximate surface area is 151 Å². The van der Waals surface area contributed by atoms with Gasteiger partial charge in [-0.2, -0.15) is 0 Å². The minimum Gasteiger partial charge on any atom is -0.480 e. The van der Waals surface area contributed by atoms with Gasteiger partial charge >= 0.3 is 12.0 Å². The van der Waals surface area contributed by atoms with Crippen molar-refractivity contribution >= 4 is 12.0 Å². The number of aliphatic hydroxyl groups excluding tert-OH is 1. The number of carboxylic acids is 1. The summed E-state index contributed by atoms with van der Waals surface area (Å²) in [6.45, 7) is 1.21. The molecule has 2 rings (SSSR count). The van der Waals surface area contributed by atoms with Crippen molar-refractivity contribution in [1.29, 1.82) is 0 Å². The fourth-order valence-electron chi connectivity index (χ4n) is 3.11. The lowest BCUT2D eigenvalue weighted by molar-refractivity contribution is -0.141. The third-order valence-electron chi connectivity index (χ3n) is 4.55. The maximum Gasteiger partial charge on any atom is 0.328 e. The number of aromatic nitrogens is 2. The summed E-state index contributed by atoms with van der Waals surface area (Å²) >= 11 is 0. The summed E-state index contributed by atoms with van der Waals surface area (Å²) in [6, 6.07) is -2.50. The zero-order valence-corrected chi connectivity index (χ0v) is 14.9. The van der Waals surface area contributed by atoms with Crippen molar-refractivity contribution in [2.24, 2.45) is 11.7 Å². The molecule has 6 N–H and O–H groups in total. The molecule has 0 saturated heterocycles. The third kappa shape index (κ3) is 5.95. The summed E-state index contributed by atoms with van der Waals surface area (Å²) in [7, 11) is 0. The van der Waals surface area contributed by atoms with E-state index in [4.69, 9.17) is 15.3 Å². The molecule has 0 bridgehead atoms. The number of hydrogen-bond acceptors (Lipinski definition) is 7. The minimum absolute atomic E-state index is 0.0683. The van der Waals surface area contributed by atoms with Crippen LogP contribution in [0.25, 0.3) is 0 Å². The van der Waals surface area contributed by atoms with Crippen molar-refractivity contribution in [3.8, 4) is 0 Å². The largest absolute Gasteiger partial charge is 0.480 e. The predicted molar refractivity (Wildman–Crippen MR) is 90.9 cm³/mol. The van der Waals surface area contributed by atoms with E-state index in [0.29, 0.717) is 11.8 Å². The summed E-state index contributed by atoms with van der Waals surface area (Å²) in [5.41, 5.74) is 6.14. The second-order valence-corrected chi connectivity index (χ2v) is 6.76. The molecule has 1 aliphatic carbocycles. The van der Waals surface area contributed by atoms with E-state index in [-0.39, 0.29) is 18.5 Å². The van der Waals surface area contributed by atoms with Crippen LogP contribution < -0.4 is 16.4 Å². The van der Waals surface area contributed by atoms with Crippen LogP contribution in [0.5, 0.6) is 0 Å². The fraction of sp³-hybridized carbons (Fsp3) is 0.750. The Hall–Kier alpha value is -2.20. The molecule has 1 saturated carbocycles. The molecule has 146 valence electrons. The van der Waals surface area contributed by atoms with Gasteiger partial charge in [0.2, 0.25) is 11.8 Å². The van der Waals surface area contributed by atoms with Crippen LogP contribution in [0, 0.1) is 5.92 Å². The SMILES string of the molecule is CC(O)C(NC(=O)NCc1nnc(C(N)CC2CCCCC2)o1)C(=O)O. The van der Waals surface area contributed by atoms with E-state index in [9.17, 15) is 14.7 Å². The highest BCUT2D eigenvalue weighted by atomic mass is 16.4. The molecule has 1 aromatic heterocycles. The number of urea groups is 1. The molecule has 0 spiro atoms. The number of aliphatic carboxylic acids is 1. The van der Waals surface area contributed by atoms with Gasteiger partial charge in [0.15, 0.2) is 6.04 Å². The minimum atomic E-state index is -1.41. The smallest absolute Gasteiger partial charge is 0.328 e. The van der Waals surface area contributed by atoms with E-state index in [2.05, 4.69) is 20.8 Å². The molecule has 0 aromatic carbocycles. The van der Waals surface area contributed by atoms with Gasteiger partial charge in [0.25, 0.3) is 0 Å². The molecule has 1 fully saturated rings. The van der Waals surface area contributed by atoms with Crippen LogP contribution in [0.1, 0.15) is 63.3 Å². The van der Waals surface area contributed by atoms with E-state index in [1.165, 1.54) is 39.0 Å². The number of carbonyl (C=O) groups is 2. The van der Waals surface area contributed by atoms with Gasteiger partial charge in [-0.1, -0.05) is 32.1 Å². The first-order chi connectivity index (χ1) is 12.4. The quantitative estimate of drug-likeness (QED) is 0.446. The van der Waals surface area contributed by atoms with Crippen LogP contribution in [0.2, 0.25) is 0 Å². The normalized spacial score (nSPS) is 18.7. The Morgan fingerprint density at radius 3 is 2.62 bits per heavy atom. The van der Waals surface area contributed by atoms with Gasteiger partial charge < -0.3 is 31.0 Å². The Bertz CT molecular complexity index is 600. The average Bonchev–Trinajstić information content (AvgIpc) is 3.07. The van der Waals surface area contributed by atoms with Gasteiger partial charge in [-0.3, -0.25) is 0 Å². The summed E-state index contributed by atoms with van der Waals surface area (Å²) in [6.07, 6.45) is 5.65. The predicted octanol–water partition coefficient (Wildman–Crippen LogP) is 0.673. The van der Waals surface area contributed by atoms with Crippen LogP contribution in [-0.2, 0) is 11.3 Å². The Morgan fingerprint density at radius 2 is 2.00 bits per heavy atom. The molecule has 0 aliphatic heterocycles. The molecular formula is C16H27N5O5. The molecule has 3 atom stereocenters. The van der Waals surface area contributed by atoms with Crippen molar-refractivity contribution in [2.45, 2.75) is 70.2 Å². The summed E-state index contributed by atoms with van der Waals surface area (Å²) in [5.74, 6) is -0.242. The van der Waals surface area contributed by atoms with Gasteiger partial charge in [0.05, 0.1) is 18.7 Å². The zero-order chi connectivity index (χ0) is 19.1.